The Morgan fingerprint density at radius 1 is 1.14 bits per heavy atom. The van der Waals surface area contributed by atoms with Crippen LogP contribution in [0.1, 0.15) is 12.8 Å². The van der Waals surface area contributed by atoms with Crippen molar-refractivity contribution in [2.45, 2.75) is 37.1 Å². The molecule has 1 saturated heterocycles. The number of carboxylic acid groups (broad SMARTS) is 3. The van der Waals surface area contributed by atoms with Crippen molar-refractivity contribution in [1.29, 1.82) is 0 Å². The molecule has 0 unspecified atom stereocenters. The van der Waals surface area contributed by atoms with Crippen LogP contribution in [0.15, 0.2) is 0 Å². The lowest BCUT2D eigenvalue weighted by atomic mass is 10.0. The lowest BCUT2D eigenvalue weighted by molar-refractivity contribution is -0.150. The van der Waals surface area contributed by atoms with Gasteiger partial charge in [0, 0.05) is 13.1 Å². The third-order valence-corrected chi connectivity index (χ3v) is 3.56. The van der Waals surface area contributed by atoms with Gasteiger partial charge in [0.1, 0.15) is 12.1 Å². The van der Waals surface area contributed by atoms with Gasteiger partial charge in [-0.25, -0.2) is 4.79 Å². The molecule has 10 heteroatoms. The minimum Gasteiger partial charge on any atom is -0.480 e. The summed E-state index contributed by atoms with van der Waals surface area (Å²) in [5.41, 5.74) is 0. The number of likely N-dealkylation sites (tertiary alicyclic amines) is 1. The van der Waals surface area contributed by atoms with Gasteiger partial charge in [-0.2, -0.15) is 0 Å². The normalized spacial score (nSPS) is 22.4. The molecular weight excluding hydrogens is 300 g/mol. The zero-order valence-corrected chi connectivity index (χ0v) is 11.8. The second-order valence-corrected chi connectivity index (χ2v) is 5.12. The molecule has 0 amide bonds. The van der Waals surface area contributed by atoms with E-state index in [2.05, 4.69) is 5.32 Å². The Morgan fingerprint density at radius 2 is 1.77 bits per heavy atom. The number of β-amino-alcohol motifs (C(OH)–C–C–N with tert-alkyl or cyclic N) is 1. The van der Waals surface area contributed by atoms with Gasteiger partial charge in [0.15, 0.2) is 6.10 Å². The van der Waals surface area contributed by atoms with Crippen molar-refractivity contribution in [1.82, 2.24) is 10.2 Å². The fraction of sp³-hybridized carbons (Fsp3) is 0.750. The van der Waals surface area contributed by atoms with E-state index in [1.165, 1.54) is 4.90 Å². The molecule has 0 spiro atoms. The number of nitrogens with zero attached hydrogens (tertiary/aromatic N) is 1. The third-order valence-electron chi connectivity index (χ3n) is 3.56. The monoisotopic (exact) mass is 320 g/mol. The van der Waals surface area contributed by atoms with Gasteiger partial charge in [-0.15, -0.1) is 0 Å². The summed E-state index contributed by atoms with van der Waals surface area (Å²) >= 11 is 0. The smallest absolute Gasteiger partial charge is 0.332 e. The summed E-state index contributed by atoms with van der Waals surface area (Å²) in [4.78, 5) is 33.9. The predicted octanol–water partition coefficient (Wildman–Crippen LogP) is -2.62. The predicted molar refractivity (Wildman–Crippen MR) is 71.3 cm³/mol. The maximum absolute atomic E-state index is 11.1. The molecule has 22 heavy (non-hydrogen) atoms. The molecule has 0 aromatic heterocycles. The molecule has 10 nitrogen and oxygen atoms in total. The SMILES string of the molecule is O=C(O)[C@@H](O)CCN[C@@H](C(=O)O)[C@@H](O)CN1CC[C@H]1C(=O)O. The van der Waals surface area contributed by atoms with E-state index in [-0.39, 0.29) is 19.5 Å². The van der Waals surface area contributed by atoms with Gasteiger partial charge in [-0.05, 0) is 19.4 Å². The van der Waals surface area contributed by atoms with Crippen molar-refractivity contribution < 1.29 is 39.9 Å². The fourth-order valence-electron chi connectivity index (χ4n) is 2.17. The molecule has 0 aromatic rings. The number of hydrogen-bond acceptors (Lipinski definition) is 7. The highest BCUT2D eigenvalue weighted by Crippen LogP contribution is 2.18. The molecule has 1 heterocycles. The first kappa shape index (κ1) is 18.3. The number of carboxylic acids is 3. The number of carbonyl (C=O) groups is 3. The van der Waals surface area contributed by atoms with E-state index in [0.29, 0.717) is 13.0 Å². The lowest BCUT2D eigenvalue weighted by Crippen LogP contribution is -2.58. The van der Waals surface area contributed by atoms with Crippen LogP contribution in [0.2, 0.25) is 0 Å². The Labute approximate surface area is 126 Å². The summed E-state index contributed by atoms with van der Waals surface area (Å²) in [7, 11) is 0. The number of rotatable bonds is 10. The van der Waals surface area contributed by atoms with Crippen molar-refractivity contribution in [3.05, 3.63) is 0 Å². The van der Waals surface area contributed by atoms with Crippen LogP contribution in [0.3, 0.4) is 0 Å². The summed E-state index contributed by atoms with van der Waals surface area (Å²) in [5.74, 6) is -3.79. The lowest BCUT2D eigenvalue weighted by Gasteiger charge is -2.39. The Bertz CT molecular complexity index is 429. The van der Waals surface area contributed by atoms with E-state index >= 15 is 0 Å². The Morgan fingerprint density at radius 3 is 2.18 bits per heavy atom. The molecule has 1 rings (SSSR count). The quantitative estimate of drug-likeness (QED) is 0.251. The van der Waals surface area contributed by atoms with Crippen LogP contribution in [0.4, 0.5) is 0 Å². The van der Waals surface area contributed by atoms with Crippen molar-refractivity contribution in [2.24, 2.45) is 0 Å². The van der Waals surface area contributed by atoms with Gasteiger partial charge < -0.3 is 30.8 Å². The summed E-state index contributed by atoms with van der Waals surface area (Å²) in [6.45, 7) is 0.213. The van der Waals surface area contributed by atoms with E-state index < -0.39 is 42.2 Å². The second kappa shape index (κ2) is 8.03. The van der Waals surface area contributed by atoms with Gasteiger partial charge >= 0.3 is 17.9 Å². The Hall–Kier alpha value is -1.75. The van der Waals surface area contributed by atoms with E-state index in [1.54, 1.807) is 0 Å². The zero-order chi connectivity index (χ0) is 16.9. The minimum absolute atomic E-state index is 0.121. The molecule has 1 fully saturated rings. The summed E-state index contributed by atoms with van der Waals surface area (Å²) in [5, 5.41) is 47.9. The minimum atomic E-state index is -1.62. The van der Waals surface area contributed by atoms with Gasteiger partial charge in [0.25, 0.3) is 0 Å². The molecule has 0 saturated carbocycles. The molecule has 1 aliphatic rings. The van der Waals surface area contributed by atoms with Crippen LogP contribution >= 0.6 is 0 Å². The van der Waals surface area contributed by atoms with Crippen LogP contribution in [-0.2, 0) is 14.4 Å². The molecule has 0 aromatic carbocycles. The fourth-order valence-corrected chi connectivity index (χ4v) is 2.17. The van der Waals surface area contributed by atoms with E-state index in [9.17, 15) is 19.5 Å². The number of aliphatic carboxylic acids is 3. The largest absolute Gasteiger partial charge is 0.480 e. The number of aliphatic hydroxyl groups is 2. The highest BCUT2D eigenvalue weighted by molar-refractivity contribution is 5.75. The van der Waals surface area contributed by atoms with Crippen molar-refractivity contribution in [2.75, 3.05) is 19.6 Å². The Balaban J connectivity index is 2.46. The molecule has 4 atom stereocenters. The molecule has 0 aliphatic carbocycles. The highest BCUT2D eigenvalue weighted by Gasteiger charge is 2.37. The van der Waals surface area contributed by atoms with E-state index in [4.69, 9.17) is 20.4 Å². The molecule has 0 bridgehead atoms. The number of hydrogen-bond donors (Lipinski definition) is 6. The van der Waals surface area contributed by atoms with Crippen LogP contribution in [-0.4, -0.2) is 92.3 Å². The summed E-state index contributed by atoms with van der Waals surface area (Å²) in [6, 6.07) is -2.10. The number of aliphatic hydroxyl groups excluding tert-OH is 2. The molecule has 126 valence electrons. The van der Waals surface area contributed by atoms with Gasteiger partial charge in [-0.1, -0.05) is 0 Å². The maximum atomic E-state index is 11.1. The van der Waals surface area contributed by atoms with Crippen LogP contribution in [0, 0.1) is 0 Å². The van der Waals surface area contributed by atoms with Gasteiger partial charge in [0.2, 0.25) is 0 Å². The second-order valence-electron chi connectivity index (χ2n) is 5.12. The average molecular weight is 320 g/mol. The van der Waals surface area contributed by atoms with Crippen molar-refractivity contribution in [3.8, 4) is 0 Å². The number of nitrogens with one attached hydrogen (secondary N) is 1. The zero-order valence-electron chi connectivity index (χ0n) is 11.8. The van der Waals surface area contributed by atoms with E-state index in [0.717, 1.165) is 0 Å². The topological polar surface area (TPSA) is 168 Å². The third kappa shape index (κ3) is 4.91. The van der Waals surface area contributed by atoms with Gasteiger partial charge in [-0.3, -0.25) is 14.5 Å². The van der Waals surface area contributed by atoms with E-state index in [1.807, 2.05) is 0 Å². The molecule has 0 radical (unpaired) electrons. The molecular formula is C12H20N2O8. The maximum Gasteiger partial charge on any atom is 0.332 e. The van der Waals surface area contributed by atoms with Crippen molar-refractivity contribution in [3.63, 3.8) is 0 Å². The standard InChI is InChI=1S/C12H20N2O8/c15-7(11(19)20)1-3-13-9(12(21)22)8(16)5-14-4-2-6(14)10(17)18/h6-9,13,15-16H,1-5H2,(H,17,18)(H,19,20)(H,21,22)/t6-,7-,8-,9+/m0/s1. The molecule has 6 N–H and O–H groups in total. The van der Waals surface area contributed by atoms with Crippen molar-refractivity contribution >= 4 is 17.9 Å². The highest BCUT2D eigenvalue weighted by atomic mass is 16.4. The first-order valence-electron chi connectivity index (χ1n) is 6.76. The Kier molecular flexibility index (Phi) is 6.68. The first-order valence-corrected chi connectivity index (χ1v) is 6.76. The molecule has 1 aliphatic heterocycles. The first-order chi connectivity index (χ1) is 10.2. The average Bonchev–Trinajstić information content (AvgIpc) is 2.37. The summed E-state index contributed by atoms with van der Waals surface area (Å²) < 4.78 is 0. The van der Waals surface area contributed by atoms with Crippen LogP contribution in [0.25, 0.3) is 0 Å². The van der Waals surface area contributed by atoms with Crippen LogP contribution in [0.5, 0.6) is 0 Å². The van der Waals surface area contributed by atoms with Gasteiger partial charge in [0.05, 0.1) is 6.10 Å². The van der Waals surface area contributed by atoms with Crippen LogP contribution < -0.4 is 5.32 Å². The summed E-state index contributed by atoms with van der Waals surface area (Å²) in [6.07, 6.45) is -2.75.